The molecular weight excluding hydrogens is 442 g/mol. The van der Waals surface area contributed by atoms with E-state index in [1.54, 1.807) is 24.3 Å². The summed E-state index contributed by atoms with van der Waals surface area (Å²) in [5.74, 6) is -2.84. The van der Waals surface area contributed by atoms with Gasteiger partial charge in [0.15, 0.2) is 0 Å². The summed E-state index contributed by atoms with van der Waals surface area (Å²) in [5.41, 5.74) is 1.06. The number of carboxylic acid groups (broad SMARTS) is 1. The molecule has 172 valence electrons. The highest BCUT2D eigenvalue weighted by molar-refractivity contribution is 5.94. The molecule has 0 aromatic heterocycles. The topological polar surface area (TPSA) is 75.6 Å². The summed E-state index contributed by atoms with van der Waals surface area (Å²) in [6.45, 7) is 1.72. The van der Waals surface area contributed by atoms with E-state index in [1.165, 1.54) is 19.2 Å². The van der Waals surface area contributed by atoms with Gasteiger partial charge in [-0.1, -0.05) is 12.1 Å². The van der Waals surface area contributed by atoms with Crippen molar-refractivity contribution in [1.29, 1.82) is 0 Å². The van der Waals surface area contributed by atoms with Gasteiger partial charge in [-0.2, -0.15) is 13.2 Å². The first-order valence-corrected chi connectivity index (χ1v) is 9.67. The number of halogens is 4. The lowest BCUT2D eigenvalue weighted by molar-refractivity contribution is -0.137. The van der Waals surface area contributed by atoms with Crippen LogP contribution in [0.3, 0.4) is 0 Å². The average Bonchev–Trinajstić information content (AvgIpc) is 2.76. The smallest absolute Gasteiger partial charge is 0.416 e. The molecule has 0 radical (unpaired) electrons. The molecule has 5 nitrogen and oxygen atoms in total. The third-order valence-corrected chi connectivity index (χ3v) is 5.06. The van der Waals surface area contributed by atoms with E-state index >= 15 is 0 Å². The first kappa shape index (κ1) is 23.8. The molecule has 0 aliphatic rings. The number of aromatic carboxylic acids is 1. The monoisotopic (exact) mass is 461 g/mol. The van der Waals surface area contributed by atoms with Crippen LogP contribution >= 0.6 is 0 Å². The van der Waals surface area contributed by atoms with Crippen LogP contribution < -0.4 is 10.1 Å². The SMILES string of the molecule is COc1ccc(-c2cc(C(=O)O)ccc2C)cc1CNC(=O)c1ccc(C(F)(F)F)cc1F. The molecule has 2 N–H and O–H groups in total. The van der Waals surface area contributed by atoms with Gasteiger partial charge < -0.3 is 15.2 Å². The highest BCUT2D eigenvalue weighted by Gasteiger charge is 2.31. The zero-order chi connectivity index (χ0) is 24.3. The molecule has 0 atom stereocenters. The van der Waals surface area contributed by atoms with Crippen molar-refractivity contribution in [1.82, 2.24) is 5.32 Å². The lowest BCUT2D eigenvalue weighted by Crippen LogP contribution is -2.24. The summed E-state index contributed by atoms with van der Waals surface area (Å²) in [5, 5.41) is 11.7. The number of carboxylic acids is 1. The van der Waals surface area contributed by atoms with Crippen molar-refractivity contribution in [3.05, 3.63) is 88.2 Å². The normalized spacial score (nSPS) is 11.2. The molecule has 3 rings (SSSR count). The van der Waals surface area contributed by atoms with Crippen molar-refractivity contribution < 1.29 is 37.0 Å². The number of alkyl halides is 3. The molecule has 9 heteroatoms. The number of carbonyl (C=O) groups excluding carboxylic acids is 1. The van der Waals surface area contributed by atoms with E-state index in [4.69, 9.17) is 4.74 Å². The van der Waals surface area contributed by atoms with Crippen molar-refractivity contribution >= 4 is 11.9 Å². The summed E-state index contributed by atoms with van der Waals surface area (Å²) in [6, 6.07) is 11.4. The maximum atomic E-state index is 14.1. The zero-order valence-electron chi connectivity index (χ0n) is 17.6. The van der Waals surface area contributed by atoms with Crippen LogP contribution in [0.5, 0.6) is 5.75 Å². The number of nitrogens with one attached hydrogen (secondary N) is 1. The molecule has 0 bridgehead atoms. The first-order chi connectivity index (χ1) is 15.5. The highest BCUT2D eigenvalue weighted by atomic mass is 19.4. The minimum atomic E-state index is -4.72. The molecule has 0 saturated heterocycles. The Kier molecular flexibility index (Phi) is 6.71. The Balaban J connectivity index is 1.87. The minimum Gasteiger partial charge on any atom is -0.496 e. The predicted octanol–water partition coefficient (Wildman–Crippen LogP) is 5.46. The van der Waals surface area contributed by atoms with E-state index in [1.807, 2.05) is 6.92 Å². The summed E-state index contributed by atoms with van der Waals surface area (Å²) in [6.07, 6.45) is -4.72. The van der Waals surface area contributed by atoms with Crippen LogP contribution in [0, 0.1) is 12.7 Å². The van der Waals surface area contributed by atoms with Gasteiger partial charge >= 0.3 is 12.1 Å². The molecule has 0 fully saturated rings. The van der Waals surface area contributed by atoms with E-state index in [0.717, 1.165) is 11.6 Å². The quantitative estimate of drug-likeness (QED) is 0.479. The van der Waals surface area contributed by atoms with Gasteiger partial charge in [-0.25, -0.2) is 9.18 Å². The molecule has 3 aromatic carbocycles. The minimum absolute atomic E-state index is 0.103. The first-order valence-electron chi connectivity index (χ1n) is 9.67. The lowest BCUT2D eigenvalue weighted by atomic mass is 9.96. The van der Waals surface area contributed by atoms with Gasteiger partial charge in [-0.3, -0.25) is 4.79 Å². The van der Waals surface area contributed by atoms with Crippen LogP contribution in [0.4, 0.5) is 17.6 Å². The second kappa shape index (κ2) is 9.32. The molecule has 0 unspecified atom stereocenters. The molecule has 0 aliphatic heterocycles. The Morgan fingerprint density at radius 3 is 2.36 bits per heavy atom. The maximum absolute atomic E-state index is 14.1. The Hall–Kier alpha value is -3.88. The van der Waals surface area contributed by atoms with Gasteiger partial charge in [0.25, 0.3) is 5.91 Å². The van der Waals surface area contributed by atoms with E-state index in [9.17, 15) is 32.3 Å². The predicted molar refractivity (Wildman–Crippen MR) is 113 cm³/mol. The largest absolute Gasteiger partial charge is 0.496 e. The third kappa shape index (κ3) is 5.31. The summed E-state index contributed by atoms with van der Waals surface area (Å²) in [4.78, 5) is 23.7. The number of ether oxygens (including phenoxy) is 1. The zero-order valence-corrected chi connectivity index (χ0v) is 17.6. The van der Waals surface area contributed by atoms with Crippen LogP contribution in [-0.2, 0) is 12.7 Å². The molecule has 0 heterocycles. The van der Waals surface area contributed by atoms with Gasteiger partial charge in [0, 0.05) is 12.1 Å². The Labute approximate surface area is 186 Å². The molecule has 33 heavy (non-hydrogen) atoms. The van der Waals surface area contributed by atoms with E-state index < -0.39 is 35.0 Å². The number of carbonyl (C=O) groups is 2. The van der Waals surface area contributed by atoms with Crippen molar-refractivity contribution in [3.8, 4) is 16.9 Å². The van der Waals surface area contributed by atoms with Crippen LogP contribution in [0.25, 0.3) is 11.1 Å². The fourth-order valence-electron chi connectivity index (χ4n) is 3.30. The van der Waals surface area contributed by atoms with Crippen LogP contribution in [0.1, 0.15) is 37.4 Å². The third-order valence-electron chi connectivity index (χ3n) is 5.06. The van der Waals surface area contributed by atoms with Crippen molar-refractivity contribution in [3.63, 3.8) is 0 Å². The lowest BCUT2D eigenvalue weighted by Gasteiger charge is -2.14. The molecule has 3 aromatic rings. The van der Waals surface area contributed by atoms with Gasteiger partial charge in [0.1, 0.15) is 11.6 Å². The number of methoxy groups -OCH3 is 1. The second-order valence-electron chi connectivity index (χ2n) is 7.24. The molecule has 1 amide bonds. The standard InChI is InChI=1S/C24H19F4NO4/c1-13-3-4-15(23(31)32)10-19(13)14-5-8-21(33-2)16(9-14)12-29-22(30)18-7-6-17(11-20(18)25)24(26,27)28/h3-11H,12H2,1-2H3,(H,29,30)(H,31,32). The van der Waals surface area contributed by atoms with E-state index in [-0.39, 0.29) is 18.2 Å². The summed E-state index contributed by atoms with van der Waals surface area (Å²) in [7, 11) is 1.42. The Morgan fingerprint density at radius 2 is 1.76 bits per heavy atom. The maximum Gasteiger partial charge on any atom is 0.416 e. The highest BCUT2D eigenvalue weighted by Crippen LogP contribution is 2.31. The summed E-state index contributed by atoms with van der Waals surface area (Å²) < 4.78 is 57.5. The van der Waals surface area contributed by atoms with Gasteiger partial charge in [-0.15, -0.1) is 0 Å². The van der Waals surface area contributed by atoms with E-state index in [0.29, 0.717) is 28.5 Å². The number of hydrogen-bond acceptors (Lipinski definition) is 3. The van der Waals surface area contributed by atoms with Crippen LogP contribution in [-0.4, -0.2) is 24.1 Å². The molecule has 0 spiro atoms. The van der Waals surface area contributed by atoms with E-state index in [2.05, 4.69) is 5.32 Å². The van der Waals surface area contributed by atoms with Crippen LogP contribution in [0.15, 0.2) is 54.6 Å². The number of rotatable bonds is 6. The Morgan fingerprint density at radius 1 is 1.03 bits per heavy atom. The molecule has 0 saturated carbocycles. The van der Waals surface area contributed by atoms with Gasteiger partial charge in [0.05, 0.1) is 23.8 Å². The van der Waals surface area contributed by atoms with Crippen LogP contribution in [0.2, 0.25) is 0 Å². The van der Waals surface area contributed by atoms with Gasteiger partial charge in [0.2, 0.25) is 0 Å². The number of hydrogen-bond donors (Lipinski definition) is 2. The molecular formula is C24H19F4NO4. The number of amides is 1. The fraction of sp³-hybridized carbons (Fsp3) is 0.167. The summed E-state index contributed by atoms with van der Waals surface area (Å²) >= 11 is 0. The number of aryl methyl sites for hydroxylation is 1. The second-order valence-corrected chi connectivity index (χ2v) is 7.24. The average molecular weight is 461 g/mol. The van der Waals surface area contributed by atoms with Gasteiger partial charge in [-0.05, 0) is 66.1 Å². The Bertz CT molecular complexity index is 1220. The fourth-order valence-corrected chi connectivity index (χ4v) is 3.30. The van der Waals surface area contributed by atoms with Crippen molar-refractivity contribution in [2.45, 2.75) is 19.6 Å². The number of benzene rings is 3. The molecule has 0 aliphatic carbocycles. The van der Waals surface area contributed by atoms with Crippen molar-refractivity contribution in [2.75, 3.05) is 7.11 Å². The van der Waals surface area contributed by atoms with Crippen molar-refractivity contribution in [2.24, 2.45) is 0 Å².